The van der Waals surface area contributed by atoms with Gasteiger partial charge in [-0.3, -0.25) is 9.59 Å². The van der Waals surface area contributed by atoms with E-state index in [0.29, 0.717) is 19.0 Å². The molecule has 4 nitrogen and oxygen atoms in total. The molecule has 92 valence electrons. The van der Waals surface area contributed by atoms with Gasteiger partial charge in [0.05, 0.1) is 12.5 Å². The number of amides is 2. The lowest BCUT2D eigenvalue weighted by molar-refractivity contribution is -0.130. The summed E-state index contributed by atoms with van der Waals surface area (Å²) in [6.45, 7) is 0.812. The van der Waals surface area contributed by atoms with Crippen molar-refractivity contribution in [1.82, 2.24) is 10.2 Å². The summed E-state index contributed by atoms with van der Waals surface area (Å²) in [5.41, 5.74) is 0. The molecular weight excluding hydrogens is 216 g/mol. The van der Waals surface area contributed by atoms with Crippen molar-refractivity contribution >= 4 is 11.8 Å². The van der Waals surface area contributed by atoms with Gasteiger partial charge in [-0.25, -0.2) is 0 Å². The maximum atomic E-state index is 11.9. The van der Waals surface area contributed by atoms with Gasteiger partial charge in [0, 0.05) is 19.0 Å². The number of hydrogen-bond donors (Lipinski definition) is 1. The zero-order valence-electron chi connectivity index (χ0n) is 9.95. The fourth-order valence-corrected chi connectivity index (χ4v) is 2.76. The molecule has 1 aliphatic heterocycles. The molecule has 1 saturated heterocycles. The van der Waals surface area contributed by atoms with Crippen LogP contribution in [0.4, 0.5) is 0 Å². The third-order valence-corrected chi connectivity index (χ3v) is 3.66. The van der Waals surface area contributed by atoms with E-state index in [1.165, 1.54) is 12.8 Å². The molecule has 1 saturated carbocycles. The molecule has 1 N–H and O–H groups in total. The maximum Gasteiger partial charge on any atom is 0.226 e. The Labute approximate surface area is 102 Å². The van der Waals surface area contributed by atoms with Crippen LogP contribution >= 0.6 is 0 Å². The Bertz CT molecular complexity index is 353. The van der Waals surface area contributed by atoms with Gasteiger partial charge in [0.2, 0.25) is 11.8 Å². The number of carbonyl (C=O) groups is 2. The van der Waals surface area contributed by atoms with Crippen LogP contribution in [0.5, 0.6) is 0 Å². The fourth-order valence-electron chi connectivity index (χ4n) is 2.76. The molecule has 1 aliphatic carbocycles. The van der Waals surface area contributed by atoms with E-state index in [0.717, 1.165) is 12.8 Å². The summed E-state index contributed by atoms with van der Waals surface area (Å²) in [6, 6.07) is 0.368. The first-order chi connectivity index (χ1) is 8.22. The lowest BCUT2D eigenvalue weighted by Crippen LogP contribution is -2.37. The Balaban J connectivity index is 1.90. The molecular formula is C13H18N2O2. The standard InChI is InChI=1S/C13H18N2O2/c1-2-7-14-13(17)10-8-12(16)15(9-10)11-5-3-4-6-11/h1,10-11H,3-9H2,(H,14,17). The van der Waals surface area contributed by atoms with E-state index in [1.807, 2.05) is 4.90 Å². The molecule has 4 heteroatoms. The van der Waals surface area contributed by atoms with Crippen molar-refractivity contribution in [2.75, 3.05) is 13.1 Å². The molecule has 2 rings (SSSR count). The number of hydrogen-bond acceptors (Lipinski definition) is 2. The summed E-state index contributed by atoms with van der Waals surface area (Å²) < 4.78 is 0. The molecule has 0 bridgehead atoms. The quantitative estimate of drug-likeness (QED) is 0.724. The molecule has 1 unspecified atom stereocenters. The number of carbonyl (C=O) groups excluding carboxylic acids is 2. The van der Waals surface area contributed by atoms with E-state index in [9.17, 15) is 9.59 Å². The van der Waals surface area contributed by atoms with E-state index in [-0.39, 0.29) is 24.3 Å². The normalized spacial score (nSPS) is 25.0. The van der Waals surface area contributed by atoms with Gasteiger partial charge in [-0.15, -0.1) is 6.42 Å². The molecule has 2 amide bonds. The number of likely N-dealkylation sites (tertiary alicyclic amines) is 1. The average Bonchev–Trinajstić information content (AvgIpc) is 2.94. The summed E-state index contributed by atoms with van der Waals surface area (Å²) in [5.74, 6) is 2.19. The third-order valence-electron chi connectivity index (χ3n) is 3.66. The molecule has 0 aromatic rings. The SMILES string of the molecule is C#CCNC(=O)C1CC(=O)N(C2CCCC2)C1. The lowest BCUT2D eigenvalue weighted by Gasteiger charge is -2.23. The van der Waals surface area contributed by atoms with Gasteiger partial charge in [-0.05, 0) is 12.8 Å². The summed E-state index contributed by atoms with van der Waals surface area (Å²) in [5, 5.41) is 2.65. The first kappa shape index (κ1) is 12.0. The van der Waals surface area contributed by atoms with Gasteiger partial charge in [0.15, 0.2) is 0 Å². The van der Waals surface area contributed by atoms with Crippen LogP contribution in [0.25, 0.3) is 0 Å². The van der Waals surface area contributed by atoms with Gasteiger partial charge in [0.1, 0.15) is 0 Å². The van der Waals surface area contributed by atoms with Crippen LogP contribution in [0, 0.1) is 18.3 Å². The van der Waals surface area contributed by atoms with Crippen molar-refractivity contribution in [2.24, 2.45) is 5.92 Å². The van der Waals surface area contributed by atoms with E-state index < -0.39 is 0 Å². The van der Waals surface area contributed by atoms with Crippen LogP contribution in [0.2, 0.25) is 0 Å². The van der Waals surface area contributed by atoms with Crippen molar-refractivity contribution in [3.05, 3.63) is 0 Å². The van der Waals surface area contributed by atoms with Crippen LogP contribution in [0.1, 0.15) is 32.1 Å². The van der Waals surface area contributed by atoms with Crippen LogP contribution in [0.15, 0.2) is 0 Å². The molecule has 1 atom stereocenters. The second-order valence-corrected chi connectivity index (χ2v) is 4.81. The number of rotatable bonds is 3. The van der Waals surface area contributed by atoms with Gasteiger partial charge in [0.25, 0.3) is 0 Å². The average molecular weight is 234 g/mol. The summed E-state index contributed by atoms with van der Waals surface area (Å²) in [7, 11) is 0. The van der Waals surface area contributed by atoms with E-state index >= 15 is 0 Å². The van der Waals surface area contributed by atoms with E-state index in [4.69, 9.17) is 6.42 Å². The molecule has 0 aromatic heterocycles. The first-order valence-electron chi connectivity index (χ1n) is 6.23. The number of nitrogens with zero attached hydrogens (tertiary/aromatic N) is 1. The topological polar surface area (TPSA) is 49.4 Å². The molecule has 0 spiro atoms. The Kier molecular flexibility index (Phi) is 3.68. The first-order valence-corrected chi connectivity index (χ1v) is 6.23. The van der Waals surface area contributed by atoms with Gasteiger partial charge < -0.3 is 10.2 Å². The lowest BCUT2D eigenvalue weighted by atomic mass is 10.1. The highest BCUT2D eigenvalue weighted by molar-refractivity contribution is 5.89. The van der Waals surface area contributed by atoms with Crippen LogP contribution in [-0.2, 0) is 9.59 Å². The van der Waals surface area contributed by atoms with Crippen molar-refractivity contribution in [3.8, 4) is 12.3 Å². The highest BCUT2D eigenvalue weighted by Gasteiger charge is 2.38. The van der Waals surface area contributed by atoms with Crippen molar-refractivity contribution in [3.63, 3.8) is 0 Å². The minimum Gasteiger partial charge on any atom is -0.345 e. The third kappa shape index (κ3) is 2.60. The molecule has 1 heterocycles. The van der Waals surface area contributed by atoms with Gasteiger partial charge in [-0.1, -0.05) is 18.8 Å². The Hall–Kier alpha value is -1.50. The van der Waals surface area contributed by atoms with E-state index in [1.54, 1.807) is 0 Å². The largest absolute Gasteiger partial charge is 0.345 e. The Morgan fingerprint density at radius 3 is 2.82 bits per heavy atom. The minimum atomic E-state index is -0.212. The van der Waals surface area contributed by atoms with Gasteiger partial charge >= 0.3 is 0 Å². The second-order valence-electron chi connectivity index (χ2n) is 4.81. The van der Waals surface area contributed by atoms with Gasteiger partial charge in [-0.2, -0.15) is 0 Å². The second kappa shape index (κ2) is 5.22. The van der Waals surface area contributed by atoms with Crippen molar-refractivity contribution < 1.29 is 9.59 Å². The number of terminal acetylenes is 1. The predicted octanol–water partition coefficient (Wildman–Crippen LogP) is 0.527. The molecule has 0 radical (unpaired) electrons. The minimum absolute atomic E-state index is 0.0863. The summed E-state index contributed by atoms with van der Waals surface area (Å²) in [6.07, 6.45) is 10.00. The molecule has 2 fully saturated rings. The smallest absolute Gasteiger partial charge is 0.226 e. The van der Waals surface area contributed by atoms with Crippen molar-refractivity contribution in [1.29, 1.82) is 0 Å². The molecule has 2 aliphatic rings. The highest BCUT2D eigenvalue weighted by Crippen LogP contribution is 2.29. The van der Waals surface area contributed by atoms with Crippen LogP contribution in [-0.4, -0.2) is 35.8 Å². The van der Waals surface area contributed by atoms with E-state index in [2.05, 4.69) is 11.2 Å². The number of nitrogens with one attached hydrogen (secondary N) is 1. The molecule has 0 aromatic carbocycles. The molecule has 17 heavy (non-hydrogen) atoms. The fraction of sp³-hybridized carbons (Fsp3) is 0.692. The monoisotopic (exact) mass is 234 g/mol. The summed E-state index contributed by atoms with van der Waals surface area (Å²) in [4.78, 5) is 25.5. The highest BCUT2D eigenvalue weighted by atomic mass is 16.2. The zero-order chi connectivity index (χ0) is 12.3. The Morgan fingerprint density at radius 1 is 1.47 bits per heavy atom. The Morgan fingerprint density at radius 2 is 2.18 bits per heavy atom. The van der Waals surface area contributed by atoms with Crippen molar-refractivity contribution in [2.45, 2.75) is 38.1 Å². The van der Waals surface area contributed by atoms with Crippen LogP contribution < -0.4 is 5.32 Å². The van der Waals surface area contributed by atoms with Crippen LogP contribution in [0.3, 0.4) is 0 Å². The summed E-state index contributed by atoms with van der Waals surface area (Å²) >= 11 is 0. The predicted molar refractivity (Wildman–Crippen MR) is 63.9 cm³/mol. The zero-order valence-corrected chi connectivity index (χ0v) is 9.95. The maximum absolute atomic E-state index is 11.9.